The summed E-state index contributed by atoms with van der Waals surface area (Å²) in [6, 6.07) is 14.9. The highest BCUT2D eigenvalue weighted by atomic mass is 32.2. The van der Waals surface area contributed by atoms with Crippen LogP contribution in [0, 0.1) is 6.92 Å². The first-order valence-electron chi connectivity index (χ1n) is 9.79. The topological polar surface area (TPSA) is 97.6 Å². The largest absolute Gasteiger partial charge is 0.497 e. The molecule has 1 aliphatic rings. The highest BCUT2D eigenvalue weighted by molar-refractivity contribution is 7.99. The number of carbonyl (C=O) groups is 2. The lowest BCUT2D eigenvalue weighted by Crippen LogP contribution is -2.24. The lowest BCUT2D eigenvalue weighted by Gasteiger charge is -2.16. The average molecular weight is 439 g/mol. The summed E-state index contributed by atoms with van der Waals surface area (Å²) >= 11 is 1.16. The first-order valence-corrected chi connectivity index (χ1v) is 10.8. The van der Waals surface area contributed by atoms with Gasteiger partial charge in [0.15, 0.2) is 0 Å². The molecule has 31 heavy (non-hydrogen) atoms. The zero-order chi connectivity index (χ0) is 21.8. The quantitative estimate of drug-likeness (QED) is 0.563. The van der Waals surface area contributed by atoms with Crippen molar-refractivity contribution in [2.75, 3.05) is 29.6 Å². The number of nitrogens with zero attached hydrogens (tertiary/aromatic N) is 3. The van der Waals surface area contributed by atoms with E-state index in [0.717, 1.165) is 28.8 Å². The fraction of sp³-hybridized carbons (Fsp3) is 0.273. The molecule has 8 nitrogen and oxygen atoms in total. The second-order valence-electron chi connectivity index (χ2n) is 7.21. The Kier molecular flexibility index (Phi) is 6.22. The van der Waals surface area contributed by atoms with Gasteiger partial charge in [-0.3, -0.25) is 9.59 Å². The van der Waals surface area contributed by atoms with Gasteiger partial charge in [-0.25, -0.2) is 0 Å². The van der Waals surface area contributed by atoms with E-state index in [1.54, 1.807) is 36.3 Å². The molecule has 0 aliphatic carbocycles. The Morgan fingerprint density at radius 2 is 1.94 bits per heavy atom. The molecule has 9 heteroatoms. The van der Waals surface area contributed by atoms with Crippen LogP contribution in [0.5, 0.6) is 5.75 Å². The van der Waals surface area contributed by atoms with Crippen molar-refractivity contribution >= 4 is 35.0 Å². The van der Waals surface area contributed by atoms with Gasteiger partial charge in [0.1, 0.15) is 5.75 Å². The van der Waals surface area contributed by atoms with Crippen molar-refractivity contribution < 1.29 is 18.7 Å². The molecule has 0 radical (unpaired) electrons. The Balaban J connectivity index is 1.31. The third kappa shape index (κ3) is 5.05. The van der Waals surface area contributed by atoms with E-state index >= 15 is 0 Å². The van der Waals surface area contributed by atoms with E-state index in [9.17, 15) is 9.59 Å². The Hall–Kier alpha value is -3.33. The summed E-state index contributed by atoms with van der Waals surface area (Å²) in [6.07, 6.45) is 0.318. The summed E-state index contributed by atoms with van der Waals surface area (Å²) in [7, 11) is 1.59. The molecule has 2 amide bonds. The molecule has 1 atom stereocenters. The maximum atomic E-state index is 12.4. The second-order valence-corrected chi connectivity index (χ2v) is 8.14. The van der Waals surface area contributed by atoms with Crippen LogP contribution in [0.1, 0.15) is 23.8 Å². The highest BCUT2D eigenvalue weighted by Crippen LogP contribution is 2.32. The number of aromatic nitrogens is 2. The molecular formula is C22H22N4O4S. The van der Waals surface area contributed by atoms with Crippen molar-refractivity contribution in [2.24, 2.45) is 0 Å². The molecule has 1 unspecified atom stereocenters. The fourth-order valence-electron chi connectivity index (χ4n) is 3.29. The molecule has 0 saturated carbocycles. The molecular weight excluding hydrogens is 416 g/mol. The Morgan fingerprint density at radius 1 is 1.19 bits per heavy atom. The zero-order valence-electron chi connectivity index (χ0n) is 17.2. The lowest BCUT2D eigenvalue weighted by atomic mass is 10.1. The standard InChI is InChI=1S/C22H22N4O4S/c1-14-3-7-17(8-4-14)26-12-15(11-20(26)28)21-24-25-22(30-21)31-13-19(27)23-16-5-9-18(29-2)10-6-16/h3-10,15H,11-13H2,1-2H3,(H,23,27). The van der Waals surface area contributed by atoms with Gasteiger partial charge in [-0.05, 0) is 43.3 Å². The molecule has 1 fully saturated rings. The Labute approximate surface area is 184 Å². The van der Waals surface area contributed by atoms with Crippen LogP contribution in [0.15, 0.2) is 58.2 Å². The minimum atomic E-state index is -0.184. The summed E-state index contributed by atoms with van der Waals surface area (Å²) in [6.45, 7) is 2.50. The predicted octanol–water partition coefficient (Wildman–Crippen LogP) is 3.64. The van der Waals surface area contributed by atoms with Crippen molar-refractivity contribution in [3.05, 3.63) is 60.0 Å². The van der Waals surface area contributed by atoms with Gasteiger partial charge in [0, 0.05) is 24.3 Å². The molecule has 1 aliphatic heterocycles. The predicted molar refractivity (Wildman–Crippen MR) is 118 cm³/mol. The Morgan fingerprint density at radius 3 is 2.65 bits per heavy atom. The van der Waals surface area contributed by atoms with Gasteiger partial charge in [0.05, 0.1) is 18.8 Å². The summed E-state index contributed by atoms with van der Waals surface area (Å²) in [5.41, 5.74) is 2.68. The number of nitrogens with one attached hydrogen (secondary N) is 1. The molecule has 2 aromatic carbocycles. The SMILES string of the molecule is COc1ccc(NC(=O)CSc2nnc(C3CC(=O)N(c4ccc(C)cc4)C3)o2)cc1. The van der Waals surface area contributed by atoms with E-state index in [0.29, 0.717) is 29.8 Å². The van der Waals surface area contributed by atoms with Crippen LogP contribution in [-0.4, -0.2) is 41.4 Å². The molecule has 4 rings (SSSR count). The summed E-state index contributed by atoms with van der Waals surface area (Å²) in [5, 5.41) is 11.2. The monoisotopic (exact) mass is 438 g/mol. The average Bonchev–Trinajstić information content (AvgIpc) is 3.40. The first-order chi connectivity index (χ1) is 15.0. The highest BCUT2D eigenvalue weighted by Gasteiger charge is 2.35. The number of hydrogen-bond acceptors (Lipinski definition) is 7. The number of carbonyl (C=O) groups excluding carboxylic acids is 2. The smallest absolute Gasteiger partial charge is 0.277 e. The number of benzene rings is 2. The molecule has 160 valence electrons. The second kappa shape index (κ2) is 9.22. The minimum Gasteiger partial charge on any atom is -0.497 e. The van der Waals surface area contributed by atoms with E-state index in [2.05, 4.69) is 15.5 Å². The number of thioether (sulfide) groups is 1. The fourth-order valence-corrected chi connectivity index (χ4v) is 3.86. The van der Waals surface area contributed by atoms with Crippen molar-refractivity contribution in [2.45, 2.75) is 24.5 Å². The number of ether oxygens (including phenoxy) is 1. The van der Waals surface area contributed by atoms with Crippen molar-refractivity contribution in [3.63, 3.8) is 0 Å². The normalized spacial score (nSPS) is 15.9. The summed E-state index contributed by atoms with van der Waals surface area (Å²) < 4.78 is 10.8. The minimum absolute atomic E-state index is 0.0279. The molecule has 1 N–H and O–H groups in total. The van der Waals surface area contributed by atoms with Crippen LogP contribution in [0.25, 0.3) is 0 Å². The van der Waals surface area contributed by atoms with Gasteiger partial charge < -0.3 is 19.4 Å². The van der Waals surface area contributed by atoms with E-state index < -0.39 is 0 Å². The number of aryl methyl sites for hydroxylation is 1. The van der Waals surface area contributed by atoms with E-state index in [-0.39, 0.29) is 23.5 Å². The first kappa shape index (κ1) is 20.9. The molecule has 1 aromatic heterocycles. The molecule has 3 aromatic rings. The number of anilines is 2. The third-order valence-electron chi connectivity index (χ3n) is 4.94. The maximum Gasteiger partial charge on any atom is 0.277 e. The van der Waals surface area contributed by atoms with Crippen molar-refractivity contribution in [3.8, 4) is 5.75 Å². The van der Waals surface area contributed by atoms with Crippen LogP contribution in [0.4, 0.5) is 11.4 Å². The van der Waals surface area contributed by atoms with Crippen LogP contribution in [0.2, 0.25) is 0 Å². The molecule has 1 saturated heterocycles. The van der Waals surface area contributed by atoms with Gasteiger partial charge >= 0.3 is 0 Å². The van der Waals surface area contributed by atoms with Crippen LogP contribution >= 0.6 is 11.8 Å². The molecule has 2 heterocycles. The third-order valence-corrected chi connectivity index (χ3v) is 5.76. The van der Waals surface area contributed by atoms with E-state index in [1.807, 2.05) is 31.2 Å². The number of amides is 2. The van der Waals surface area contributed by atoms with Gasteiger partial charge in [-0.15, -0.1) is 10.2 Å². The number of hydrogen-bond donors (Lipinski definition) is 1. The van der Waals surface area contributed by atoms with Gasteiger partial charge in [-0.1, -0.05) is 29.5 Å². The van der Waals surface area contributed by atoms with Crippen LogP contribution in [0.3, 0.4) is 0 Å². The number of rotatable bonds is 7. The Bertz CT molecular complexity index is 1070. The summed E-state index contributed by atoms with van der Waals surface area (Å²) in [4.78, 5) is 26.4. The summed E-state index contributed by atoms with van der Waals surface area (Å²) in [5.74, 6) is 0.950. The van der Waals surface area contributed by atoms with Crippen LogP contribution in [-0.2, 0) is 9.59 Å². The van der Waals surface area contributed by atoms with E-state index in [4.69, 9.17) is 9.15 Å². The number of methoxy groups -OCH3 is 1. The van der Waals surface area contributed by atoms with Gasteiger partial charge in [0.25, 0.3) is 5.22 Å². The molecule has 0 spiro atoms. The zero-order valence-corrected chi connectivity index (χ0v) is 18.0. The lowest BCUT2D eigenvalue weighted by molar-refractivity contribution is -0.117. The van der Waals surface area contributed by atoms with Crippen LogP contribution < -0.4 is 15.0 Å². The maximum absolute atomic E-state index is 12.4. The molecule has 0 bridgehead atoms. The van der Waals surface area contributed by atoms with Crippen molar-refractivity contribution in [1.29, 1.82) is 0 Å². The van der Waals surface area contributed by atoms with Gasteiger partial charge in [0.2, 0.25) is 17.7 Å². The van der Waals surface area contributed by atoms with E-state index in [1.165, 1.54) is 0 Å². The van der Waals surface area contributed by atoms with Crippen molar-refractivity contribution in [1.82, 2.24) is 10.2 Å². The van der Waals surface area contributed by atoms with Gasteiger partial charge in [-0.2, -0.15) is 0 Å².